The Balaban J connectivity index is 0.780. The zero-order valence-corrected chi connectivity index (χ0v) is 52.8. The summed E-state index contributed by atoms with van der Waals surface area (Å²) in [6.45, 7) is 4.85. The fourth-order valence-electron chi connectivity index (χ4n) is 15.3. The Morgan fingerprint density at radius 2 is 0.558 bits per heavy atom. The molecule has 0 N–H and O–H groups in total. The monoisotopic (exact) mass is 1210 g/mol. The molecule has 1 aliphatic rings. The summed E-state index contributed by atoms with van der Waals surface area (Å²) in [6.07, 6.45) is 0. The van der Waals surface area contributed by atoms with Crippen molar-refractivity contribution < 1.29 is 0 Å². The van der Waals surface area contributed by atoms with Crippen molar-refractivity contribution in [2.75, 3.05) is 9.80 Å². The van der Waals surface area contributed by atoms with Crippen molar-refractivity contribution in [3.05, 3.63) is 363 Å². The van der Waals surface area contributed by atoms with Gasteiger partial charge in [0.15, 0.2) is 0 Å². The van der Waals surface area contributed by atoms with Crippen LogP contribution in [-0.4, -0.2) is 9.13 Å². The van der Waals surface area contributed by atoms with Gasteiger partial charge in [0.1, 0.15) is 0 Å². The highest BCUT2D eigenvalue weighted by Gasteiger charge is 2.39. The lowest BCUT2D eigenvalue weighted by atomic mass is 9.81. The second-order valence-corrected chi connectivity index (χ2v) is 25.6. The van der Waals surface area contributed by atoms with Gasteiger partial charge in [-0.3, -0.25) is 0 Å². The number of rotatable bonds is 12. The van der Waals surface area contributed by atoms with E-state index in [1.165, 1.54) is 110 Å². The summed E-state index contributed by atoms with van der Waals surface area (Å²) in [6, 6.07) is 130. The van der Waals surface area contributed by atoms with Gasteiger partial charge in [0.05, 0.1) is 27.8 Å². The van der Waals surface area contributed by atoms with Crippen LogP contribution in [0.4, 0.5) is 34.1 Å². The predicted octanol–water partition coefficient (Wildman–Crippen LogP) is 24.9. The molecule has 0 saturated heterocycles. The third-order valence-corrected chi connectivity index (χ3v) is 19.9. The summed E-state index contributed by atoms with van der Waals surface area (Å²) >= 11 is 0. The highest BCUT2D eigenvalue weighted by Crippen LogP contribution is 2.56. The molecule has 448 valence electrons. The number of fused-ring (bicyclic) bond motifs is 11. The van der Waals surface area contributed by atoms with E-state index in [1.807, 2.05) is 0 Å². The van der Waals surface area contributed by atoms with Gasteiger partial charge in [0.25, 0.3) is 0 Å². The minimum absolute atomic E-state index is 0.419. The molecule has 0 spiro atoms. The molecule has 0 amide bonds. The summed E-state index contributed by atoms with van der Waals surface area (Å²) in [4.78, 5) is 4.95. The molecule has 18 rings (SSSR count). The number of aromatic nitrogens is 2. The Labute approximate surface area is 553 Å². The van der Waals surface area contributed by atoms with Crippen molar-refractivity contribution in [2.24, 2.45) is 0 Å². The molecule has 17 aromatic rings. The maximum Gasteiger partial charge on any atom is 0.0543 e. The van der Waals surface area contributed by atoms with Crippen LogP contribution in [0.2, 0.25) is 0 Å². The molecular weight excluding hydrogens is 1150 g/mol. The average molecular weight is 1210 g/mol. The molecule has 0 unspecified atom stereocenters. The second-order valence-electron chi connectivity index (χ2n) is 25.6. The van der Waals surface area contributed by atoms with E-state index in [-0.39, 0.29) is 0 Å². The fraction of sp³-hybridized carbons (Fsp3) is 0.0330. The maximum atomic E-state index is 2.51. The van der Waals surface area contributed by atoms with Gasteiger partial charge in [-0.1, -0.05) is 263 Å². The van der Waals surface area contributed by atoms with Crippen LogP contribution in [0.25, 0.3) is 121 Å². The van der Waals surface area contributed by atoms with Crippen molar-refractivity contribution in [1.82, 2.24) is 9.13 Å². The lowest BCUT2D eigenvalue weighted by Crippen LogP contribution is -2.18. The van der Waals surface area contributed by atoms with Crippen molar-refractivity contribution in [2.45, 2.75) is 19.3 Å². The van der Waals surface area contributed by atoms with Crippen LogP contribution in [0.15, 0.2) is 352 Å². The maximum absolute atomic E-state index is 2.51. The van der Waals surface area contributed by atoms with E-state index in [1.54, 1.807) is 0 Å². The highest BCUT2D eigenvalue weighted by atomic mass is 15.2. The van der Waals surface area contributed by atoms with Gasteiger partial charge < -0.3 is 18.9 Å². The summed E-state index contributed by atoms with van der Waals surface area (Å²) in [5, 5.41) is 7.36. The van der Waals surface area contributed by atoms with Crippen LogP contribution < -0.4 is 9.80 Å². The first-order chi connectivity index (χ1) is 46.9. The first-order valence-corrected chi connectivity index (χ1v) is 32.9. The second kappa shape index (κ2) is 22.6. The smallest absolute Gasteiger partial charge is 0.0543 e. The lowest BCUT2D eigenvalue weighted by Gasteiger charge is -2.30. The zero-order chi connectivity index (χ0) is 63.1. The molecule has 0 saturated carbocycles. The van der Waals surface area contributed by atoms with E-state index in [0.29, 0.717) is 0 Å². The first kappa shape index (κ1) is 55.6. The number of hydrogen-bond donors (Lipinski definition) is 0. The minimum atomic E-state index is -0.419. The third kappa shape index (κ3) is 9.36. The van der Waals surface area contributed by atoms with E-state index in [0.717, 1.165) is 56.6 Å². The van der Waals surface area contributed by atoms with Gasteiger partial charge >= 0.3 is 0 Å². The SMILES string of the molecule is CC1(C)c2cc(N(c3ccc(-c4ccc(-c5ccccc5)cc4)cc3)c3cccc(-n4c5ccccc5c5ccccc54)c3)ccc2-c2c1cc(N(c1ccc(-c3ccc(-c4ccccc4)cc3)cc1)c1cccc(-n3c4ccccc4c4ccccc43)c1)c1ccccc21. The lowest BCUT2D eigenvalue weighted by molar-refractivity contribution is 0.661. The van der Waals surface area contributed by atoms with Crippen molar-refractivity contribution >= 4 is 88.5 Å². The quantitative estimate of drug-likeness (QED) is 0.121. The summed E-state index contributed by atoms with van der Waals surface area (Å²) in [7, 11) is 0. The van der Waals surface area contributed by atoms with Crippen LogP contribution in [0.3, 0.4) is 0 Å². The van der Waals surface area contributed by atoms with Crippen molar-refractivity contribution in [1.29, 1.82) is 0 Å². The van der Waals surface area contributed by atoms with Gasteiger partial charge in [0.2, 0.25) is 0 Å². The van der Waals surface area contributed by atoms with Gasteiger partial charge in [-0.2, -0.15) is 0 Å². The molecule has 1 aliphatic carbocycles. The van der Waals surface area contributed by atoms with Crippen LogP contribution in [0.1, 0.15) is 25.0 Å². The molecular formula is C91H64N4. The summed E-state index contributed by atoms with van der Waals surface area (Å²) in [5.74, 6) is 0. The Bertz CT molecular complexity index is 5670. The Kier molecular flexibility index (Phi) is 13.2. The third-order valence-electron chi connectivity index (χ3n) is 19.9. The zero-order valence-electron chi connectivity index (χ0n) is 52.8. The number of para-hydroxylation sites is 4. The number of benzene rings is 15. The van der Waals surface area contributed by atoms with E-state index in [9.17, 15) is 0 Å². The van der Waals surface area contributed by atoms with E-state index < -0.39 is 5.41 Å². The molecule has 0 aliphatic heterocycles. The Morgan fingerprint density at radius 1 is 0.232 bits per heavy atom. The molecule has 2 aromatic heterocycles. The van der Waals surface area contributed by atoms with Gasteiger partial charge in [-0.25, -0.2) is 0 Å². The number of anilines is 6. The fourth-order valence-corrected chi connectivity index (χ4v) is 15.3. The topological polar surface area (TPSA) is 16.3 Å². The molecule has 4 heteroatoms. The van der Waals surface area contributed by atoms with E-state index in [2.05, 4.69) is 385 Å². The molecule has 4 nitrogen and oxygen atoms in total. The van der Waals surface area contributed by atoms with Crippen LogP contribution in [0.5, 0.6) is 0 Å². The largest absolute Gasteiger partial charge is 0.310 e. The first-order valence-electron chi connectivity index (χ1n) is 32.9. The van der Waals surface area contributed by atoms with E-state index >= 15 is 0 Å². The Morgan fingerprint density at radius 3 is 0.989 bits per heavy atom. The van der Waals surface area contributed by atoms with Crippen molar-refractivity contribution in [3.8, 4) is 67.0 Å². The number of nitrogens with zero attached hydrogens (tertiary/aromatic N) is 4. The molecule has 15 aromatic carbocycles. The molecule has 0 fully saturated rings. The normalized spacial score (nSPS) is 12.4. The van der Waals surface area contributed by atoms with Gasteiger partial charge in [-0.05, 0) is 175 Å². The van der Waals surface area contributed by atoms with Gasteiger partial charge in [0, 0.05) is 72.2 Å². The Hall–Kier alpha value is -12.2. The van der Waals surface area contributed by atoms with Crippen LogP contribution in [-0.2, 0) is 5.41 Å². The summed E-state index contributed by atoms with van der Waals surface area (Å²) in [5.41, 5.74) is 27.6. The van der Waals surface area contributed by atoms with Gasteiger partial charge in [-0.15, -0.1) is 0 Å². The molecule has 0 atom stereocenters. The predicted molar refractivity (Wildman–Crippen MR) is 401 cm³/mol. The minimum Gasteiger partial charge on any atom is -0.310 e. The van der Waals surface area contributed by atoms with E-state index in [4.69, 9.17) is 0 Å². The standard InChI is InChI=1S/C91H64N4/c1-91(2)83-59-75(92(69-51-47-67(48-52-69)65-43-39-63(40-44-65)61-21-5-3-6-22-61)71-25-19-27-73(57-71)94-85-35-15-11-29-76(85)77-30-12-16-36-86(77)94)55-56-82(83)90-81-34-10-9-33-80(81)89(60-84(90)91)93(70-53-49-68(50-54-70)66-45-41-64(42-46-66)62-23-7-4-8-24-62)72-26-20-28-74(58-72)95-87-37-17-13-31-78(87)79-32-14-18-38-88(79)95/h3-60H,1-2H3. The van der Waals surface area contributed by atoms with Crippen LogP contribution >= 0.6 is 0 Å². The summed E-state index contributed by atoms with van der Waals surface area (Å²) < 4.78 is 4.85. The molecule has 95 heavy (non-hydrogen) atoms. The average Bonchev–Trinajstić information content (AvgIpc) is 1.58. The van der Waals surface area contributed by atoms with Crippen molar-refractivity contribution in [3.63, 3.8) is 0 Å². The number of hydrogen-bond acceptors (Lipinski definition) is 2. The molecule has 0 radical (unpaired) electrons. The molecule has 2 heterocycles. The van der Waals surface area contributed by atoms with Crippen LogP contribution in [0, 0.1) is 0 Å². The highest BCUT2D eigenvalue weighted by molar-refractivity contribution is 6.12. The molecule has 0 bridgehead atoms.